The second kappa shape index (κ2) is 8.35. The summed E-state index contributed by atoms with van der Waals surface area (Å²) in [5.41, 5.74) is 2.12. The molecule has 0 spiro atoms. The van der Waals surface area contributed by atoms with Crippen molar-refractivity contribution >= 4 is 28.4 Å². The van der Waals surface area contributed by atoms with E-state index in [0.717, 1.165) is 21.9 Å². The number of hydrogen-bond donors (Lipinski definition) is 0. The van der Waals surface area contributed by atoms with Gasteiger partial charge >= 0.3 is 0 Å². The molecule has 0 aromatic heterocycles. The van der Waals surface area contributed by atoms with E-state index in [1.807, 2.05) is 66.7 Å². The average Bonchev–Trinajstić information content (AvgIpc) is 2.77. The first-order valence-corrected chi connectivity index (χ1v) is 9.18. The molecule has 5 heteroatoms. The molecule has 0 saturated heterocycles. The molecule has 4 aromatic rings. The van der Waals surface area contributed by atoms with Gasteiger partial charge in [-0.05, 0) is 28.5 Å². The summed E-state index contributed by atoms with van der Waals surface area (Å²) >= 11 is 0. The lowest BCUT2D eigenvalue weighted by Crippen LogP contribution is -1.99. The normalized spacial score (nSPS) is 11.0. The highest BCUT2D eigenvalue weighted by molar-refractivity contribution is 6.03. The molecule has 0 heterocycles. The largest absolute Gasteiger partial charge is 0.488 e. The van der Waals surface area contributed by atoms with Crippen LogP contribution in [0.15, 0.2) is 96.0 Å². The van der Waals surface area contributed by atoms with Crippen molar-refractivity contribution in [3.8, 4) is 5.75 Å². The maximum atomic E-state index is 11.3. The van der Waals surface area contributed by atoms with Crippen molar-refractivity contribution in [2.75, 3.05) is 0 Å². The maximum Gasteiger partial charge on any atom is 0.294 e. The van der Waals surface area contributed by atoms with E-state index in [0.29, 0.717) is 18.0 Å². The molecule has 0 unspecified atom stereocenters. The number of nitro groups is 1. The van der Waals surface area contributed by atoms with Crippen LogP contribution in [0.25, 0.3) is 10.8 Å². The van der Waals surface area contributed by atoms with Gasteiger partial charge in [-0.25, -0.2) is 4.99 Å². The lowest BCUT2D eigenvalue weighted by Gasteiger charge is -2.12. The van der Waals surface area contributed by atoms with E-state index in [-0.39, 0.29) is 5.69 Å². The third-order valence-electron chi connectivity index (χ3n) is 4.58. The zero-order valence-electron chi connectivity index (χ0n) is 15.6. The van der Waals surface area contributed by atoms with Gasteiger partial charge in [0.05, 0.1) is 4.92 Å². The number of para-hydroxylation sites is 2. The van der Waals surface area contributed by atoms with Gasteiger partial charge in [-0.15, -0.1) is 0 Å². The summed E-state index contributed by atoms with van der Waals surface area (Å²) in [4.78, 5) is 15.3. The average molecular weight is 382 g/mol. The molecule has 0 N–H and O–H groups in total. The Morgan fingerprint density at radius 2 is 1.59 bits per heavy atom. The van der Waals surface area contributed by atoms with Crippen molar-refractivity contribution in [3.05, 3.63) is 112 Å². The van der Waals surface area contributed by atoms with E-state index in [4.69, 9.17) is 4.74 Å². The molecule has 0 aliphatic rings. The zero-order valence-corrected chi connectivity index (χ0v) is 15.6. The molecular formula is C24H18N2O3. The molecule has 0 fully saturated rings. The van der Waals surface area contributed by atoms with E-state index in [1.54, 1.807) is 24.4 Å². The van der Waals surface area contributed by atoms with Crippen LogP contribution in [-0.4, -0.2) is 11.1 Å². The quantitative estimate of drug-likeness (QED) is 0.231. The van der Waals surface area contributed by atoms with Crippen LogP contribution >= 0.6 is 0 Å². The highest BCUT2D eigenvalue weighted by atomic mass is 16.6. The van der Waals surface area contributed by atoms with Crippen LogP contribution in [0.1, 0.15) is 11.1 Å². The second-order valence-corrected chi connectivity index (χ2v) is 6.48. The van der Waals surface area contributed by atoms with Crippen LogP contribution in [0.4, 0.5) is 11.4 Å². The summed E-state index contributed by atoms with van der Waals surface area (Å²) in [7, 11) is 0. The first kappa shape index (κ1) is 18.4. The predicted octanol–water partition coefficient (Wildman–Crippen LogP) is 6.08. The third kappa shape index (κ3) is 4.14. The molecule has 0 radical (unpaired) electrons. The Bertz CT molecular complexity index is 1190. The van der Waals surface area contributed by atoms with Crippen molar-refractivity contribution < 1.29 is 9.66 Å². The fourth-order valence-electron chi connectivity index (χ4n) is 3.13. The van der Waals surface area contributed by atoms with E-state index in [2.05, 4.69) is 4.99 Å². The number of nitro benzene ring substituents is 1. The summed E-state index contributed by atoms with van der Waals surface area (Å²) < 4.78 is 6.07. The fourth-order valence-corrected chi connectivity index (χ4v) is 3.13. The van der Waals surface area contributed by atoms with Gasteiger partial charge in [0.2, 0.25) is 0 Å². The number of fused-ring (bicyclic) bond motifs is 1. The van der Waals surface area contributed by atoms with E-state index in [1.165, 1.54) is 6.07 Å². The first-order valence-electron chi connectivity index (χ1n) is 9.18. The van der Waals surface area contributed by atoms with E-state index < -0.39 is 4.92 Å². The standard InChI is InChI=1S/C24H18N2O3/c27-26(28)23-13-7-6-12-22(23)25-16-21-20-11-5-4-10-19(20)14-15-24(21)29-17-18-8-2-1-3-9-18/h1-16H,17H2. The van der Waals surface area contributed by atoms with Gasteiger partial charge in [0.25, 0.3) is 5.69 Å². The molecule has 0 atom stereocenters. The lowest BCUT2D eigenvalue weighted by atomic mass is 10.0. The highest BCUT2D eigenvalue weighted by Crippen LogP contribution is 2.30. The van der Waals surface area contributed by atoms with Gasteiger partial charge in [0.15, 0.2) is 0 Å². The summed E-state index contributed by atoms with van der Waals surface area (Å²) in [6, 6.07) is 28.2. The topological polar surface area (TPSA) is 64.7 Å². The Balaban J connectivity index is 1.74. The van der Waals surface area contributed by atoms with E-state index in [9.17, 15) is 10.1 Å². The van der Waals surface area contributed by atoms with Gasteiger partial charge in [0, 0.05) is 17.8 Å². The van der Waals surface area contributed by atoms with Crippen molar-refractivity contribution in [1.29, 1.82) is 0 Å². The van der Waals surface area contributed by atoms with Gasteiger partial charge in [-0.1, -0.05) is 72.8 Å². The number of benzene rings is 4. The molecule has 142 valence electrons. The lowest BCUT2D eigenvalue weighted by molar-refractivity contribution is -0.384. The molecule has 29 heavy (non-hydrogen) atoms. The Hall–Kier alpha value is -3.99. The minimum absolute atomic E-state index is 0.0317. The summed E-state index contributed by atoms with van der Waals surface area (Å²) in [5.74, 6) is 0.676. The molecule has 4 aromatic carbocycles. The van der Waals surface area contributed by atoms with Crippen LogP contribution in [-0.2, 0) is 6.61 Å². The molecule has 0 aliphatic carbocycles. The van der Waals surface area contributed by atoms with E-state index >= 15 is 0 Å². The van der Waals surface area contributed by atoms with Gasteiger partial charge in [0.1, 0.15) is 18.0 Å². The highest BCUT2D eigenvalue weighted by Gasteiger charge is 2.12. The summed E-state index contributed by atoms with van der Waals surface area (Å²) in [6.45, 7) is 0.422. The van der Waals surface area contributed by atoms with Crippen LogP contribution in [0.5, 0.6) is 5.75 Å². The Labute approximate surface area is 168 Å². The number of rotatable bonds is 6. The van der Waals surface area contributed by atoms with Gasteiger partial charge in [-0.2, -0.15) is 0 Å². The molecule has 0 bridgehead atoms. The molecule has 4 rings (SSSR count). The third-order valence-corrected chi connectivity index (χ3v) is 4.58. The minimum Gasteiger partial charge on any atom is -0.488 e. The fraction of sp³-hybridized carbons (Fsp3) is 0.0417. The van der Waals surface area contributed by atoms with Gasteiger partial charge in [-0.3, -0.25) is 10.1 Å². The van der Waals surface area contributed by atoms with Crippen LogP contribution in [0, 0.1) is 10.1 Å². The smallest absolute Gasteiger partial charge is 0.294 e. The number of nitrogens with zero attached hydrogens (tertiary/aromatic N) is 2. The molecule has 0 saturated carbocycles. The molecule has 0 amide bonds. The first-order chi connectivity index (χ1) is 14.2. The SMILES string of the molecule is O=[N+]([O-])c1ccccc1N=Cc1c(OCc2ccccc2)ccc2ccccc12. The van der Waals surface area contributed by atoms with Crippen LogP contribution in [0.2, 0.25) is 0 Å². The van der Waals surface area contributed by atoms with Crippen molar-refractivity contribution in [2.45, 2.75) is 6.61 Å². The van der Waals surface area contributed by atoms with Crippen molar-refractivity contribution in [2.24, 2.45) is 4.99 Å². The van der Waals surface area contributed by atoms with Crippen LogP contribution < -0.4 is 4.74 Å². The molecule has 0 aliphatic heterocycles. The predicted molar refractivity (Wildman–Crippen MR) is 115 cm³/mol. The van der Waals surface area contributed by atoms with Crippen molar-refractivity contribution in [1.82, 2.24) is 0 Å². The Kier molecular flexibility index (Phi) is 5.29. The molecule has 5 nitrogen and oxygen atoms in total. The number of aliphatic imine (C=N–C) groups is 1. The van der Waals surface area contributed by atoms with Crippen molar-refractivity contribution in [3.63, 3.8) is 0 Å². The summed E-state index contributed by atoms with van der Waals surface area (Å²) in [5, 5.41) is 13.3. The van der Waals surface area contributed by atoms with Gasteiger partial charge < -0.3 is 4.74 Å². The summed E-state index contributed by atoms with van der Waals surface area (Å²) in [6.07, 6.45) is 1.64. The number of ether oxygens (including phenoxy) is 1. The number of hydrogen-bond acceptors (Lipinski definition) is 4. The zero-order chi connectivity index (χ0) is 20.1. The minimum atomic E-state index is -0.428. The monoisotopic (exact) mass is 382 g/mol. The van der Waals surface area contributed by atoms with Crippen LogP contribution in [0.3, 0.4) is 0 Å². The Morgan fingerprint density at radius 1 is 0.862 bits per heavy atom. The maximum absolute atomic E-state index is 11.3. The Morgan fingerprint density at radius 3 is 2.41 bits per heavy atom. The second-order valence-electron chi connectivity index (χ2n) is 6.48. The molecular weight excluding hydrogens is 364 g/mol.